The van der Waals surface area contributed by atoms with Crippen LogP contribution in [0.2, 0.25) is 0 Å². The summed E-state index contributed by atoms with van der Waals surface area (Å²) in [5.74, 6) is 0.341. The molecule has 0 aliphatic carbocycles. The number of hydrogen-bond donors (Lipinski definition) is 2. The summed E-state index contributed by atoms with van der Waals surface area (Å²) in [7, 11) is 0. The van der Waals surface area contributed by atoms with E-state index in [0.29, 0.717) is 24.3 Å². The SMILES string of the molecule is CC(=O)S[C@@H]1C[C@@H](CSC(C)C(=O)NCN)N(C(=O)OCc2ccc([N+](=O)[O-])cc2)C1. The molecule has 0 spiro atoms. The van der Waals surface area contributed by atoms with E-state index in [4.69, 9.17) is 10.5 Å². The van der Waals surface area contributed by atoms with Crippen molar-refractivity contribution in [2.75, 3.05) is 19.0 Å². The van der Waals surface area contributed by atoms with Crippen molar-refractivity contribution in [1.82, 2.24) is 10.2 Å². The Balaban J connectivity index is 1.97. The zero-order valence-electron chi connectivity index (χ0n) is 17.3. The molecule has 0 aromatic heterocycles. The number of amides is 2. The zero-order chi connectivity index (χ0) is 23.0. The lowest BCUT2D eigenvalue weighted by Gasteiger charge is -2.24. The second kappa shape index (κ2) is 11.9. The van der Waals surface area contributed by atoms with Gasteiger partial charge in [0.15, 0.2) is 5.12 Å². The Kier molecular flexibility index (Phi) is 9.59. The predicted octanol–water partition coefficient (Wildman–Crippen LogP) is 2.11. The minimum absolute atomic E-state index is 0.0202. The van der Waals surface area contributed by atoms with Gasteiger partial charge in [-0.1, -0.05) is 11.8 Å². The second-order valence-electron chi connectivity index (χ2n) is 6.97. The van der Waals surface area contributed by atoms with Crippen molar-refractivity contribution in [3.8, 4) is 0 Å². The van der Waals surface area contributed by atoms with Gasteiger partial charge in [0, 0.05) is 42.6 Å². The highest BCUT2D eigenvalue weighted by Gasteiger charge is 2.37. The van der Waals surface area contributed by atoms with Gasteiger partial charge >= 0.3 is 6.09 Å². The first kappa shape index (κ1) is 25.0. The maximum absolute atomic E-state index is 12.7. The molecular weight excluding hydrogens is 444 g/mol. The Morgan fingerprint density at radius 2 is 2.03 bits per heavy atom. The summed E-state index contributed by atoms with van der Waals surface area (Å²) in [6.07, 6.45) is 0.101. The highest BCUT2D eigenvalue weighted by atomic mass is 32.2. The minimum atomic E-state index is -0.519. The molecule has 31 heavy (non-hydrogen) atoms. The smallest absolute Gasteiger partial charge is 0.410 e. The third-order valence-corrected chi connectivity index (χ3v) is 6.93. The first-order chi connectivity index (χ1) is 14.7. The Bertz CT molecular complexity index is 807. The number of carbonyl (C=O) groups is 3. The summed E-state index contributed by atoms with van der Waals surface area (Å²) in [6.45, 7) is 3.67. The van der Waals surface area contributed by atoms with Crippen molar-refractivity contribution in [3.63, 3.8) is 0 Å². The van der Waals surface area contributed by atoms with Crippen molar-refractivity contribution in [3.05, 3.63) is 39.9 Å². The Hall–Kier alpha value is -2.31. The van der Waals surface area contributed by atoms with Gasteiger partial charge < -0.3 is 20.7 Å². The summed E-state index contributed by atoms with van der Waals surface area (Å²) < 4.78 is 5.41. The molecule has 1 aliphatic heterocycles. The fourth-order valence-corrected chi connectivity index (χ4v) is 5.18. The molecule has 1 aromatic carbocycles. The lowest BCUT2D eigenvalue weighted by molar-refractivity contribution is -0.384. The molecule has 2 amide bonds. The average Bonchev–Trinajstić information content (AvgIpc) is 3.12. The van der Waals surface area contributed by atoms with Gasteiger partial charge in [-0.3, -0.25) is 19.7 Å². The van der Waals surface area contributed by atoms with E-state index in [1.165, 1.54) is 54.7 Å². The van der Waals surface area contributed by atoms with E-state index in [2.05, 4.69) is 5.32 Å². The maximum Gasteiger partial charge on any atom is 0.410 e. The predicted molar refractivity (Wildman–Crippen MR) is 120 cm³/mol. The van der Waals surface area contributed by atoms with Crippen molar-refractivity contribution >= 4 is 46.3 Å². The van der Waals surface area contributed by atoms with Gasteiger partial charge in [-0.15, -0.1) is 11.8 Å². The number of ether oxygens (including phenoxy) is 1. The molecular formula is C19H26N4O6S2. The standard InChI is InChI=1S/C19H26N4O6S2/c1-12(18(25)21-11-20)30-10-16-7-17(31-13(2)24)8-22(16)19(26)29-9-14-3-5-15(6-4-14)23(27)28/h3-6,12,16-17H,7-11,20H2,1-2H3,(H,21,25)/t12?,16-,17+/m0/s1. The molecule has 0 saturated carbocycles. The first-order valence-corrected chi connectivity index (χ1v) is 11.6. The van der Waals surface area contributed by atoms with Gasteiger partial charge in [0.25, 0.3) is 5.69 Å². The molecule has 1 heterocycles. The number of thioether (sulfide) groups is 2. The number of rotatable bonds is 9. The number of nitro groups is 1. The number of nitrogens with one attached hydrogen (secondary N) is 1. The topological polar surface area (TPSA) is 145 Å². The number of carbonyl (C=O) groups excluding carboxylic acids is 3. The van der Waals surface area contributed by atoms with E-state index < -0.39 is 11.0 Å². The van der Waals surface area contributed by atoms with E-state index in [0.717, 1.165) is 0 Å². The highest BCUT2D eigenvalue weighted by molar-refractivity contribution is 8.14. The van der Waals surface area contributed by atoms with Gasteiger partial charge in [0.2, 0.25) is 5.91 Å². The Morgan fingerprint density at radius 1 is 1.35 bits per heavy atom. The van der Waals surface area contributed by atoms with Crippen LogP contribution in [0.15, 0.2) is 24.3 Å². The molecule has 170 valence electrons. The van der Waals surface area contributed by atoms with Crippen LogP contribution in [0.3, 0.4) is 0 Å². The van der Waals surface area contributed by atoms with Crippen LogP contribution in [0.4, 0.5) is 10.5 Å². The van der Waals surface area contributed by atoms with Crippen LogP contribution in [0.1, 0.15) is 25.8 Å². The molecule has 3 atom stereocenters. The maximum atomic E-state index is 12.7. The van der Waals surface area contributed by atoms with Crippen LogP contribution < -0.4 is 11.1 Å². The van der Waals surface area contributed by atoms with E-state index >= 15 is 0 Å². The molecule has 2 rings (SSSR count). The molecule has 1 aromatic rings. The molecule has 1 fully saturated rings. The Morgan fingerprint density at radius 3 is 2.61 bits per heavy atom. The normalized spacial score (nSPS) is 19.0. The number of benzene rings is 1. The van der Waals surface area contributed by atoms with Crippen molar-refractivity contribution in [2.24, 2.45) is 5.73 Å². The summed E-state index contributed by atoms with van der Waals surface area (Å²) in [6, 6.07) is 5.60. The van der Waals surface area contributed by atoms with Crippen molar-refractivity contribution in [2.45, 2.75) is 43.4 Å². The fourth-order valence-electron chi connectivity index (χ4n) is 3.09. The van der Waals surface area contributed by atoms with Crippen molar-refractivity contribution in [1.29, 1.82) is 0 Å². The second-order valence-corrected chi connectivity index (χ2v) is 9.82. The monoisotopic (exact) mass is 470 g/mol. The lowest BCUT2D eigenvalue weighted by Crippen LogP contribution is -2.39. The summed E-state index contributed by atoms with van der Waals surface area (Å²) >= 11 is 2.60. The van der Waals surface area contributed by atoms with E-state index in [-0.39, 0.29) is 46.5 Å². The van der Waals surface area contributed by atoms with Crippen LogP contribution in [0.5, 0.6) is 0 Å². The number of nitro benzene ring substituents is 1. The van der Waals surface area contributed by atoms with E-state index in [1.54, 1.807) is 11.8 Å². The van der Waals surface area contributed by atoms with Crippen LogP contribution in [-0.2, 0) is 20.9 Å². The zero-order valence-corrected chi connectivity index (χ0v) is 18.9. The molecule has 1 aliphatic rings. The quantitative estimate of drug-likeness (QED) is 0.315. The van der Waals surface area contributed by atoms with Gasteiger partial charge in [-0.05, 0) is 31.0 Å². The number of nitrogens with two attached hydrogens (primary N) is 1. The van der Waals surface area contributed by atoms with Crippen LogP contribution in [0.25, 0.3) is 0 Å². The average molecular weight is 471 g/mol. The van der Waals surface area contributed by atoms with Gasteiger partial charge in [0.05, 0.1) is 16.8 Å². The molecule has 12 heteroatoms. The number of hydrogen-bond acceptors (Lipinski definition) is 9. The van der Waals surface area contributed by atoms with Gasteiger partial charge in [-0.2, -0.15) is 0 Å². The molecule has 10 nitrogen and oxygen atoms in total. The Labute approximate surface area is 188 Å². The molecule has 0 bridgehead atoms. The number of nitrogens with zero attached hydrogens (tertiary/aromatic N) is 2. The highest BCUT2D eigenvalue weighted by Crippen LogP contribution is 2.31. The summed E-state index contributed by atoms with van der Waals surface area (Å²) in [5.41, 5.74) is 5.93. The van der Waals surface area contributed by atoms with Gasteiger partial charge in [0.1, 0.15) is 6.61 Å². The first-order valence-electron chi connectivity index (χ1n) is 9.64. The summed E-state index contributed by atoms with van der Waals surface area (Å²) in [4.78, 5) is 47.9. The van der Waals surface area contributed by atoms with Crippen LogP contribution in [0, 0.1) is 10.1 Å². The third-order valence-electron chi connectivity index (χ3n) is 4.64. The molecule has 1 unspecified atom stereocenters. The minimum Gasteiger partial charge on any atom is -0.445 e. The van der Waals surface area contributed by atoms with Crippen molar-refractivity contribution < 1.29 is 24.0 Å². The molecule has 0 radical (unpaired) electrons. The van der Waals surface area contributed by atoms with Gasteiger partial charge in [-0.25, -0.2) is 4.79 Å². The largest absolute Gasteiger partial charge is 0.445 e. The number of non-ortho nitro benzene ring substituents is 1. The summed E-state index contributed by atoms with van der Waals surface area (Å²) in [5, 5.41) is 12.9. The van der Waals surface area contributed by atoms with Crippen LogP contribution >= 0.6 is 23.5 Å². The third kappa shape index (κ3) is 7.71. The lowest BCUT2D eigenvalue weighted by atomic mass is 10.2. The molecule has 1 saturated heterocycles. The molecule has 3 N–H and O–H groups in total. The fraction of sp³-hybridized carbons (Fsp3) is 0.526. The number of likely N-dealkylation sites (tertiary alicyclic amines) is 1. The van der Waals surface area contributed by atoms with E-state index in [1.807, 2.05) is 0 Å². The van der Waals surface area contributed by atoms with Crippen LogP contribution in [-0.4, -0.2) is 62.4 Å². The van der Waals surface area contributed by atoms with E-state index in [9.17, 15) is 24.5 Å².